The van der Waals surface area contributed by atoms with Crippen LogP contribution in [0.5, 0.6) is 11.5 Å². The van der Waals surface area contributed by atoms with Crippen molar-refractivity contribution in [3.8, 4) is 22.8 Å². The second-order valence-corrected chi connectivity index (χ2v) is 19.7. The van der Waals surface area contributed by atoms with Crippen LogP contribution in [-0.2, 0) is 31.3 Å². The molecule has 1 aliphatic heterocycles. The molecule has 0 aliphatic carbocycles. The van der Waals surface area contributed by atoms with Crippen LogP contribution in [0.15, 0.2) is 60.0 Å². The minimum absolute atomic E-state index is 0. The van der Waals surface area contributed by atoms with E-state index in [2.05, 4.69) is 82.0 Å². The van der Waals surface area contributed by atoms with Gasteiger partial charge in [0.25, 0.3) is 0 Å². The molecular weight excluding hydrogens is 775 g/mol. The third kappa shape index (κ3) is 7.93. The van der Waals surface area contributed by atoms with Gasteiger partial charge in [0.05, 0.1) is 13.8 Å². The average molecular weight is 829 g/mol. The van der Waals surface area contributed by atoms with Crippen LogP contribution in [0.2, 0.25) is 19.6 Å². The van der Waals surface area contributed by atoms with E-state index in [1.165, 1.54) is 21.5 Å². The molecule has 255 valence electrons. The van der Waals surface area contributed by atoms with Crippen LogP contribution in [-0.4, -0.2) is 23.9 Å². The number of hydrogen-bond acceptors (Lipinski definition) is 4. The van der Waals surface area contributed by atoms with Gasteiger partial charge in [-0.3, -0.25) is 9.78 Å². The van der Waals surface area contributed by atoms with Crippen molar-refractivity contribution < 1.29 is 34.7 Å². The van der Waals surface area contributed by atoms with E-state index in [0.29, 0.717) is 17.3 Å². The van der Waals surface area contributed by atoms with E-state index in [9.17, 15) is 9.90 Å². The number of rotatable bonds is 10. The zero-order valence-electron chi connectivity index (χ0n) is 30.4. The molecule has 3 aromatic carbocycles. The predicted octanol–water partition coefficient (Wildman–Crippen LogP) is 11.4. The minimum atomic E-state index is -1.47. The van der Waals surface area contributed by atoms with Crippen molar-refractivity contribution in [3.63, 3.8) is 0 Å². The maximum Gasteiger partial charge on any atom is 0.167 e. The van der Waals surface area contributed by atoms with Gasteiger partial charge in [-0.25, -0.2) is 0 Å². The molecule has 0 saturated heterocycles. The molecular formula is C41H54IrNO3Si-. The summed E-state index contributed by atoms with van der Waals surface area (Å²) in [7, 11) is -1.47. The largest absolute Gasteiger partial charge is 0.512 e. The summed E-state index contributed by atoms with van der Waals surface area (Å²) in [6, 6.07) is 18.8. The van der Waals surface area contributed by atoms with Crippen LogP contribution < -0.4 is 9.92 Å². The Morgan fingerprint density at radius 1 is 1.02 bits per heavy atom. The minimum Gasteiger partial charge on any atom is -0.512 e. The fourth-order valence-electron chi connectivity index (χ4n) is 6.42. The number of carbonyl (C=O) groups is 1. The number of ketones is 1. The summed E-state index contributed by atoms with van der Waals surface area (Å²) in [6.07, 6.45) is 6.28. The Morgan fingerprint density at radius 3 is 2.23 bits per heavy atom. The maximum atomic E-state index is 12.4. The molecule has 47 heavy (non-hydrogen) atoms. The Bertz CT molecular complexity index is 1760. The summed E-state index contributed by atoms with van der Waals surface area (Å²) in [5.74, 6) is 2.95. The van der Waals surface area contributed by atoms with E-state index in [1.54, 1.807) is 6.92 Å². The zero-order chi connectivity index (χ0) is 34.0. The number of Topliss-reactive ketones (excluding diaryl/α,β-unsaturated/α-hetero) is 1. The van der Waals surface area contributed by atoms with E-state index in [0.717, 1.165) is 65.6 Å². The molecule has 0 saturated carbocycles. The number of allylic oxidation sites excluding steroid dienone is 2. The molecule has 1 aromatic heterocycles. The number of aliphatic hydroxyl groups is 1. The van der Waals surface area contributed by atoms with Gasteiger partial charge in [0.1, 0.15) is 11.5 Å². The van der Waals surface area contributed by atoms with Crippen molar-refractivity contribution >= 4 is 40.6 Å². The number of ether oxygens (including phenoxy) is 1. The maximum absolute atomic E-state index is 12.4. The van der Waals surface area contributed by atoms with Gasteiger partial charge in [-0.15, -0.1) is 17.5 Å². The molecule has 1 radical (unpaired) electrons. The normalized spacial score (nSPS) is 13.0. The van der Waals surface area contributed by atoms with E-state index < -0.39 is 8.07 Å². The Labute approximate surface area is 297 Å². The number of aromatic nitrogens is 1. The SMILES string of the molecule is CC(C)Cc1c2c([c-]c3ccccc13)-c1nccc3cc([Si](C)(C)C)cc(c13)O2.CCC(CC)/C(O)=C(\C)C(=O)C(C)(CC)CC.[Ir]. The zero-order valence-corrected chi connectivity index (χ0v) is 33.7. The number of pyridine rings is 1. The number of benzene rings is 3. The Hall–Kier alpha value is -2.79. The Morgan fingerprint density at radius 2 is 1.66 bits per heavy atom. The first-order valence-corrected chi connectivity index (χ1v) is 20.7. The van der Waals surface area contributed by atoms with E-state index in [4.69, 9.17) is 9.72 Å². The van der Waals surface area contributed by atoms with Gasteiger partial charge >= 0.3 is 0 Å². The van der Waals surface area contributed by atoms with Crippen LogP contribution in [0.3, 0.4) is 0 Å². The molecule has 0 unspecified atom stereocenters. The summed E-state index contributed by atoms with van der Waals surface area (Å²) in [6.45, 7) is 23.6. The second-order valence-electron chi connectivity index (χ2n) is 14.7. The molecule has 0 amide bonds. The molecule has 4 aromatic rings. The van der Waals surface area contributed by atoms with Gasteiger partial charge in [0.15, 0.2) is 5.78 Å². The van der Waals surface area contributed by atoms with Gasteiger partial charge in [-0.2, -0.15) is 0 Å². The number of aliphatic hydroxyl groups excluding tert-OH is 1. The van der Waals surface area contributed by atoms with Gasteiger partial charge in [0, 0.05) is 54.3 Å². The average Bonchev–Trinajstić information content (AvgIpc) is 3.04. The molecule has 0 spiro atoms. The number of nitrogens with zero attached hydrogens (tertiary/aromatic N) is 1. The fourth-order valence-corrected chi connectivity index (χ4v) is 7.58. The predicted molar refractivity (Wildman–Crippen MR) is 198 cm³/mol. The molecule has 5 rings (SSSR count). The van der Waals surface area contributed by atoms with Gasteiger partial charge < -0.3 is 9.84 Å². The molecule has 2 heterocycles. The molecule has 0 bridgehead atoms. The third-order valence-electron chi connectivity index (χ3n) is 9.97. The number of fused-ring (bicyclic) bond motifs is 3. The Kier molecular flexibility index (Phi) is 12.8. The van der Waals surface area contributed by atoms with E-state index >= 15 is 0 Å². The van der Waals surface area contributed by atoms with Gasteiger partial charge in [-0.1, -0.05) is 114 Å². The first kappa shape index (κ1) is 38.7. The van der Waals surface area contributed by atoms with Crippen molar-refractivity contribution in [2.45, 2.75) is 107 Å². The topological polar surface area (TPSA) is 59.4 Å². The summed E-state index contributed by atoms with van der Waals surface area (Å²) in [5, 5.41) is 16.3. The molecule has 1 aliphatic rings. The van der Waals surface area contributed by atoms with Gasteiger partial charge in [-0.05, 0) is 62.5 Å². The van der Waals surface area contributed by atoms with Crippen LogP contribution in [0.1, 0.15) is 86.6 Å². The van der Waals surface area contributed by atoms with E-state index in [1.807, 2.05) is 40.8 Å². The summed E-state index contributed by atoms with van der Waals surface area (Å²) < 4.78 is 6.68. The monoisotopic (exact) mass is 829 g/mol. The quantitative estimate of drug-likeness (QED) is 0.0659. The molecule has 6 heteroatoms. The molecule has 4 nitrogen and oxygen atoms in total. The second kappa shape index (κ2) is 15.6. The molecule has 0 atom stereocenters. The van der Waals surface area contributed by atoms with Crippen molar-refractivity contribution in [1.82, 2.24) is 4.98 Å². The van der Waals surface area contributed by atoms with Crippen molar-refractivity contribution in [3.05, 3.63) is 71.6 Å². The first-order chi connectivity index (χ1) is 21.7. The smallest absolute Gasteiger partial charge is 0.167 e. The molecule has 1 N–H and O–H groups in total. The summed E-state index contributed by atoms with van der Waals surface area (Å²) in [4.78, 5) is 17.2. The molecule has 0 fully saturated rings. The van der Waals surface area contributed by atoms with Crippen molar-refractivity contribution in [2.75, 3.05) is 0 Å². The van der Waals surface area contributed by atoms with Crippen LogP contribution in [0, 0.1) is 23.3 Å². The van der Waals surface area contributed by atoms with Crippen LogP contribution >= 0.6 is 0 Å². The third-order valence-corrected chi connectivity index (χ3v) is 12.0. The summed E-state index contributed by atoms with van der Waals surface area (Å²) >= 11 is 0. The van der Waals surface area contributed by atoms with Crippen molar-refractivity contribution in [2.24, 2.45) is 17.3 Å². The number of hydrogen-bond donors (Lipinski definition) is 1. The fraction of sp³-hybridized carbons (Fsp3) is 0.463. The first-order valence-electron chi connectivity index (χ1n) is 17.2. The van der Waals surface area contributed by atoms with Crippen LogP contribution in [0.25, 0.3) is 32.8 Å². The van der Waals surface area contributed by atoms with Gasteiger partial charge in [0.2, 0.25) is 0 Å². The van der Waals surface area contributed by atoms with Crippen molar-refractivity contribution in [1.29, 1.82) is 0 Å². The van der Waals surface area contributed by atoms with Crippen LogP contribution in [0.4, 0.5) is 0 Å². The number of carbonyl (C=O) groups excluding carboxylic acids is 1. The Balaban J connectivity index is 0.000000290. The van der Waals surface area contributed by atoms with E-state index in [-0.39, 0.29) is 37.2 Å². The summed E-state index contributed by atoms with van der Waals surface area (Å²) in [5.41, 5.74) is 3.50. The standard InChI is InChI=1S/C26H26NOSi.C15H28O2.Ir/c1-16(2)12-21-20-9-7-6-8-17(20)14-22-25-24-18(10-11-27-25)13-19(29(3,4)5)15-23(24)28-26(21)22;1-7-12(8-2)13(16)11(5)14(17)15(6,9-3)10-4;/h6-11,13,15-16H,12H2,1-5H3;12,16H,7-10H2,1-6H3;/q-1;;/b;13-11-;.